The van der Waals surface area contributed by atoms with Crippen molar-refractivity contribution in [3.05, 3.63) is 35.9 Å². The molecule has 0 spiro atoms. The maximum absolute atomic E-state index is 3.54. The van der Waals surface area contributed by atoms with Crippen LogP contribution in [-0.2, 0) is 6.54 Å². The van der Waals surface area contributed by atoms with Gasteiger partial charge in [0.2, 0.25) is 0 Å². The summed E-state index contributed by atoms with van der Waals surface area (Å²) in [6.07, 6.45) is 1.26. The summed E-state index contributed by atoms with van der Waals surface area (Å²) in [5.41, 5.74) is 1.37. The first kappa shape index (κ1) is 14.7. The van der Waals surface area contributed by atoms with E-state index in [1.165, 1.54) is 12.0 Å². The molecule has 0 aliphatic carbocycles. The van der Waals surface area contributed by atoms with Gasteiger partial charge in [-0.25, -0.2) is 0 Å². The van der Waals surface area contributed by atoms with Gasteiger partial charge in [0.05, 0.1) is 0 Å². The van der Waals surface area contributed by atoms with Crippen molar-refractivity contribution in [1.29, 1.82) is 0 Å². The molecule has 1 aromatic rings. The zero-order chi connectivity index (χ0) is 8.93. The van der Waals surface area contributed by atoms with Crippen LogP contribution >= 0.6 is 24.8 Å². The van der Waals surface area contributed by atoms with Gasteiger partial charge in [-0.15, -0.1) is 24.8 Å². The van der Waals surface area contributed by atoms with E-state index in [0.717, 1.165) is 19.6 Å². The van der Waals surface area contributed by atoms with E-state index in [2.05, 4.69) is 41.0 Å². The second kappa shape index (κ2) is 7.94. The van der Waals surface area contributed by atoms with Crippen LogP contribution in [0.1, 0.15) is 12.0 Å². The van der Waals surface area contributed by atoms with E-state index < -0.39 is 0 Å². The smallest absolute Gasteiger partial charge is 0.0208 e. The number of rotatable bonds is 3. The van der Waals surface area contributed by atoms with Crippen molar-refractivity contribution >= 4 is 24.8 Å². The van der Waals surface area contributed by atoms with Gasteiger partial charge >= 0.3 is 0 Å². The van der Waals surface area contributed by atoms with E-state index in [-0.39, 0.29) is 24.8 Å². The standard InChI is InChI=1S/C11H16N2.2ClH/c1-2-4-10(5-3-1)8-13-11-6-7-12-9-11;;/h1-5,11-13H,6-9H2;2*1H/t11-;;/m1../s1. The Morgan fingerprint density at radius 1 is 1.20 bits per heavy atom. The van der Waals surface area contributed by atoms with Crippen LogP contribution in [0.4, 0.5) is 0 Å². The molecule has 0 saturated carbocycles. The minimum absolute atomic E-state index is 0. The van der Waals surface area contributed by atoms with E-state index >= 15 is 0 Å². The Labute approximate surface area is 104 Å². The van der Waals surface area contributed by atoms with Gasteiger partial charge in [0, 0.05) is 19.1 Å². The van der Waals surface area contributed by atoms with E-state index in [0.29, 0.717) is 6.04 Å². The highest BCUT2D eigenvalue weighted by Crippen LogP contribution is 2.01. The van der Waals surface area contributed by atoms with Crippen LogP contribution in [0.3, 0.4) is 0 Å². The minimum Gasteiger partial charge on any atom is -0.315 e. The topological polar surface area (TPSA) is 24.1 Å². The van der Waals surface area contributed by atoms with E-state index in [1.54, 1.807) is 0 Å². The van der Waals surface area contributed by atoms with E-state index in [1.807, 2.05) is 0 Å². The molecule has 15 heavy (non-hydrogen) atoms. The lowest BCUT2D eigenvalue weighted by Gasteiger charge is -2.10. The maximum Gasteiger partial charge on any atom is 0.0208 e. The lowest BCUT2D eigenvalue weighted by molar-refractivity contribution is 0.547. The third kappa shape index (κ3) is 4.85. The molecule has 1 aliphatic rings. The first-order valence-corrected chi connectivity index (χ1v) is 4.93. The summed E-state index contributed by atoms with van der Waals surface area (Å²) < 4.78 is 0. The van der Waals surface area contributed by atoms with Crippen molar-refractivity contribution in [2.75, 3.05) is 13.1 Å². The molecule has 1 aromatic carbocycles. The van der Waals surface area contributed by atoms with Crippen molar-refractivity contribution < 1.29 is 0 Å². The predicted octanol–water partition coefficient (Wildman–Crippen LogP) is 1.98. The number of hydrogen-bond donors (Lipinski definition) is 2. The molecular formula is C11H18Cl2N2. The van der Waals surface area contributed by atoms with Crippen LogP contribution in [0, 0.1) is 0 Å². The van der Waals surface area contributed by atoms with Crippen LogP contribution in [0.2, 0.25) is 0 Å². The molecule has 1 fully saturated rings. The molecule has 0 aromatic heterocycles. The average Bonchev–Trinajstić information content (AvgIpc) is 2.69. The fraction of sp³-hybridized carbons (Fsp3) is 0.455. The highest BCUT2D eigenvalue weighted by molar-refractivity contribution is 5.85. The van der Waals surface area contributed by atoms with Gasteiger partial charge in [-0.05, 0) is 18.5 Å². The van der Waals surface area contributed by atoms with Gasteiger partial charge in [-0.1, -0.05) is 30.3 Å². The van der Waals surface area contributed by atoms with Crippen LogP contribution in [0.5, 0.6) is 0 Å². The summed E-state index contributed by atoms with van der Waals surface area (Å²) >= 11 is 0. The third-order valence-corrected chi connectivity index (χ3v) is 2.50. The van der Waals surface area contributed by atoms with Crippen molar-refractivity contribution in [3.8, 4) is 0 Å². The van der Waals surface area contributed by atoms with Crippen molar-refractivity contribution in [1.82, 2.24) is 10.6 Å². The zero-order valence-corrected chi connectivity index (χ0v) is 10.2. The van der Waals surface area contributed by atoms with Crippen LogP contribution in [0.25, 0.3) is 0 Å². The number of halogens is 2. The summed E-state index contributed by atoms with van der Waals surface area (Å²) in [7, 11) is 0. The monoisotopic (exact) mass is 248 g/mol. The Morgan fingerprint density at radius 2 is 1.93 bits per heavy atom. The zero-order valence-electron chi connectivity index (χ0n) is 8.61. The third-order valence-electron chi connectivity index (χ3n) is 2.50. The molecule has 2 N–H and O–H groups in total. The minimum atomic E-state index is 0. The second-order valence-corrected chi connectivity index (χ2v) is 3.56. The van der Waals surface area contributed by atoms with E-state index in [4.69, 9.17) is 0 Å². The van der Waals surface area contributed by atoms with Crippen LogP contribution in [-0.4, -0.2) is 19.1 Å². The molecule has 2 nitrogen and oxygen atoms in total. The normalized spacial score (nSPS) is 19.1. The molecule has 2 rings (SSSR count). The fourth-order valence-electron chi connectivity index (χ4n) is 1.69. The summed E-state index contributed by atoms with van der Waals surface area (Å²) in [5, 5.41) is 6.88. The molecule has 1 aliphatic heterocycles. The van der Waals surface area contributed by atoms with Gasteiger partial charge in [-0.3, -0.25) is 0 Å². The van der Waals surface area contributed by atoms with Gasteiger partial charge in [-0.2, -0.15) is 0 Å². The van der Waals surface area contributed by atoms with E-state index in [9.17, 15) is 0 Å². The second-order valence-electron chi connectivity index (χ2n) is 3.56. The molecular weight excluding hydrogens is 231 g/mol. The molecule has 0 amide bonds. The summed E-state index contributed by atoms with van der Waals surface area (Å²) in [6.45, 7) is 3.27. The van der Waals surface area contributed by atoms with Crippen LogP contribution < -0.4 is 10.6 Å². The van der Waals surface area contributed by atoms with Gasteiger partial charge in [0.25, 0.3) is 0 Å². The Hall–Kier alpha value is -0.280. The Morgan fingerprint density at radius 3 is 2.53 bits per heavy atom. The van der Waals surface area contributed by atoms with Crippen molar-refractivity contribution in [2.24, 2.45) is 0 Å². The number of nitrogens with one attached hydrogen (secondary N) is 2. The molecule has 0 radical (unpaired) electrons. The Bertz CT molecular complexity index is 248. The molecule has 4 heteroatoms. The van der Waals surface area contributed by atoms with Gasteiger partial charge in [0.1, 0.15) is 0 Å². The summed E-state index contributed by atoms with van der Waals surface area (Å²) in [4.78, 5) is 0. The highest BCUT2D eigenvalue weighted by atomic mass is 35.5. The highest BCUT2D eigenvalue weighted by Gasteiger charge is 2.12. The SMILES string of the molecule is Cl.Cl.c1ccc(CN[C@@H]2CCNC2)cc1. The van der Waals surface area contributed by atoms with Crippen molar-refractivity contribution in [2.45, 2.75) is 19.0 Å². The summed E-state index contributed by atoms with van der Waals surface area (Å²) in [5.74, 6) is 0. The maximum atomic E-state index is 3.54. The van der Waals surface area contributed by atoms with Gasteiger partial charge < -0.3 is 10.6 Å². The largest absolute Gasteiger partial charge is 0.315 e. The summed E-state index contributed by atoms with van der Waals surface area (Å²) in [6, 6.07) is 11.2. The first-order valence-electron chi connectivity index (χ1n) is 4.93. The Kier molecular flexibility index (Phi) is 7.79. The predicted molar refractivity (Wildman–Crippen MR) is 69.1 cm³/mol. The molecule has 1 saturated heterocycles. The number of benzene rings is 1. The lowest BCUT2D eigenvalue weighted by atomic mass is 10.2. The fourth-order valence-corrected chi connectivity index (χ4v) is 1.69. The average molecular weight is 249 g/mol. The molecule has 0 unspecified atom stereocenters. The molecule has 1 atom stereocenters. The molecule has 86 valence electrons. The molecule has 0 bridgehead atoms. The number of hydrogen-bond acceptors (Lipinski definition) is 2. The first-order chi connectivity index (χ1) is 6.45. The van der Waals surface area contributed by atoms with Gasteiger partial charge in [0.15, 0.2) is 0 Å². The Balaban J connectivity index is 0.000000980. The van der Waals surface area contributed by atoms with Crippen LogP contribution in [0.15, 0.2) is 30.3 Å². The molecule has 1 heterocycles. The quantitative estimate of drug-likeness (QED) is 0.856. The van der Waals surface area contributed by atoms with Crippen molar-refractivity contribution in [3.63, 3.8) is 0 Å². The lowest BCUT2D eigenvalue weighted by Crippen LogP contribution is -2.30.